The van der Waals surface area contributed by atoms with Gasteiger partial charge < -0.3 is 50.4 Å². The fourth-order valence-corrected chi connectivity index (χ4v) is 11.0. The molecule has 6 atom stereocenters. The lowest BCUT2D eigenvalue weighted by atomic mass is 9.73. The summed E-state index contributed by atoms with van der Waals surface area (Å²) in [6.45, 7) is 24.5. The largest absolute Gasteiger partial charge is 0.481 e. The van der Waals surface area contributed by atoms with Gasteiger partial charge in [-0.25, -0.2) is 18.7 Å². The molecule has 2 aliphatic carbocycles. The number of ether oxygens (including phenoxy) is 4. The van der Waals surface area contributed by atoms with Gasteiger partial charge in [-0.3, -0.25) is 9.59 Å². The molecule has 8 rings (SSSR count). The highest BCUT2D eigenvalue weighted by atomic mass is 19.1. The van der Waals surface area contributed by atoms with E-state index < -0.39 is 24.3 Å². The van der Waals surface area contributed by atoms with Crippen LogP contribution in [-0.4, -0.2) is 92.8 Å². The Labute approximate surface area is 462 Å². The highest BCUT2D eigenvalue weighted by molar-refractivity contribution is 5.73. The maximum Gasteiger partial charge on any atom is 0.257 e. The summed E-state index contributed by atoms with van der Waals surface area (Å²) in [5.74, 6) is 1.38. The number of aliphatic hydroxyl groups excluding tert-OH is 2. The van der Waals surface area contributed by atoms with E-state index in [2.05, 4.69) is 74.9 Å². The fraction of sp³-hybridized carbons (Fsp3) is 0.613. The van der Waals surface area contributed by atoms with E-state index >= 15 is 0 Å². The molecular formula is C62H88F2N6O8. The van der Waals surface area contributed by atoms with Gasteiger partial charge in [-0.15, -0.1) is 0 Å². The molecule has 0 unspecified atom stereocenters. The molecule has 2 fully saturated rings. The number of nitrogens with zero attached hydrogens (tertiary/aromatic N) is 2. The molecule has 428 valence electrons. The average Bonchev–Trinajstić information content (AvgIpc) is 3.40. The fourth-order valence-electron chi connectivity index (χ4n) is 11.0. The summed E-state index contributed by atoms with van der Waals surface area (Å²) >= 11 is 0. The van der Waals surface area contributed by atoms with Crippen LogP contribution >= 0.6 is 0 Å². The molecule has 2 amide bonds. The number of carbonyl (C=O) groups excluding carboxylic acids is 2. The summed E-state index contributed by atoms with van der Waals surface area (Å²) in [4.78, 5) is 33.6. The molecule has 6 N–H and O–H groups in total. The number of halogens is 2. The number of nitrogens with one attached hydrogen (secondary N) is 4. The molecule has 2 saturated carbocycles. The molecule has 2 spiro atoms. The van der Waals surface area contributed by atoms with Gasteiger partial charge in [0.05, 0.1) is 36.5 Å². The normalized spacial score (nSPS) is 19.6. The Morgan fingerprint density at radius 1 is 0.628 bits per heavy atom. The van der Waals surface area contributed by atoms with Gasteiger partial charge in [0.25, 0.3) is 11.8 Å². The smallest absolute Gasteiger partial charge is 0.257 e. The first-order valence-corrected chi connectivity index (χ1v) is 28.3. The van der Waals surface area contributed by atoms with Crippen LogP contribution in [0.4, 0.5) is 8.78 Å². The van der Waals surface area contributed by atoms with Crippen LogP contribution in [0.5, 0.6) is 23.3 Å². The quantitative estimate of drug-likeness (QED) is 0.0493. The van der Waals surface area contributed by atoms with Crippen molar-refractivity contribution in [2.45, 2.75) is 220 Å². The Hall–Kier alpha value is -5.42. The Kier molecular flexibility index (Phi) is 19.6. The summed E-state index contributed by atoms with van der Waals surface area (Å²) in [6, 6.07) is 15.3. The lowest BCUT2D eigenvalue weighted by Crippen LogP contribution is -2.52. The summed E-state index contributed by atoms with van der Waals surface area (Å²) in [6.07, 6.45) is 8.23. The van der Waals surface area contributed by atoms with Gasteiger partial charge in [0, 0.05) is 74.4 Å². The van der Waals surface area contributed by atoms with Crippen molar-refractivity contribution in [2.75, 3.05) is 13.1 Å². The van der Waals surface area contributed by atoms with Crippen LogP contribution in [0, 0.1) is 22.5 Å². The molecular weight excluding hydrogens is 995 g/mol. The minimum Gasteiger partial charge on any atom is -0.481 e. The van der Waals surface area contributed by atoms with Gasteiger partial charge in [0.1, 0.15) is 22.8 Å². The topological polar surface area (TPSA) is 185 Å². The van der Waals surface area contributed by atoms with Crippen LogP contribution in [-0.2, 0) is 35.3 Å². The van der Waals surface area contributed by atoms with Gasteiger partial charge >= 0.3 is 0 Å². The molecule has 2 aliphatic heterocycles. The zero-order valence-electron chi connectivity index (χ0n) is 48.3. The van der Waals surface area contributed by atoms with Crippen molar-refractivity contribution in [2.24, 2.45) is 10.8 Å². The number of hydrogen-bond donors (Lipinski definition) is 6. The van der Waals surface area contributed by atoms with E-state index in [9.17, 15) is 28.6 Å². The third-order valence-corrected chi connectivity index (χ3v) is 14.8. The Morgan fingerprint density at radius 2 is 0.974 bits per heavy atom. The number of benzene rings is 2. The Balaban J connectivity index is 0.000000226. The van der Waals surface area contributed by atoms with Crippen LogP contribution in [0.1, 0.15) is 180 Å². The van der Waals surface area contributed by atoms with E-state index in [0.717, 1.165) is 97.8 Å². The van der Waals surface area contributed by atoms with Crippen LogP contribution in [0.3, 0.4) is 0 Å². The van der Waals surface area contributed by atoms with Crippen molar-refractivity contribution >= 4 is 11.8 Å². The monoisotopic (exact) mass is 1080 g/mol. The van der Waals surface area contributed by atoms with Crippen molar-refractivity contribution in [1.82, 2.24) is 31.2 Å². The van der Waals surface area contributed by atoms with Gasteiger partial charge in [-0.2, -0.15) is 0 Å². The maximum absolute atomic E-state index is 13.4. The minimum atomic E-state index is -0.857. The second kappa shape index (κ2) is 25.4. The summed E-state index contributed by atoms with van der Waals surface area (Å²) < 4.78 is 52.4. The van der Waals surface area contributed by atoms with Crippen molar-refractivity contribution in [1.29, 1.82) is 0 Å². The molecule has 4 heterocycles. The van der Waals surface area contributed by atoms with E-state index in [1.165, 1.54) is 38.1 Å². The highest BCUT2D eigenvalue weighted by Crippen LogP contribution is 2.53. The second-order valence-electron chi connectivity index (χ2n) is 25.5. The molecule has 16 heteroatoms. The molecule has 0 bridgehead atoms. The third-order valence-electron chi connectivity index (χ3n) is 14.8. The number of aliphatic hydroxyl groups is 2. The zero-order valence-corrected chi connectivity index (χ0v) is 48.3. The van der Waals surface area contributed by atoms with Crippen LogP contribution in [0.25, 0.3) is 0 Å². The van der Waals surface area contributed by atoms with Gasteiger partial charge in [-0.05, 0) is 150 Å². The van der Waals surface area contributed by atoms with Gasteiger partial charge in [0.2, 0.25) is 11.8 Å². The highest BCUT2D eigenvalue weighted by Gasteiger charge is 2.49. The standard InChI is InChI=1S/2C31H44FN3O4/c2*1-19(2)38-29-28-24(15-23(35-29)16-30(4,5)6)26(17-31(39-28)12-7-13-31)33-18-27(37)25(34-20(3)36)14-21-8-10-22(32)11-9-21/h2*8-11,15,19,25-27,33,37H,7,12-14,16-18H2,1-6H3,(H,34,36)/t25-,26+,27+;25-,26-,27+/m00/s1. The summed E-state index contributed by atoms with van der Waals surface area (Å²) in [7, 11) is 0. The second-order valence-corrected chi connectivity index (χ2v) is 25.5. The zero-order chi connectivity index (χ0) is 56.7. The molecule has 2 aromatic carbocycles. The molecule has 2 aromatic heterocycles. The Morgan fingerprint density at radius 3 is 1.26 bits per heavy atom. The van der Waals surface area contributed by atoms with E-state index in [0.29, 0.717) is 36.1 Å². The summed E-state index contributed by atoms with van der Waals surface area (Å²) in [5.41, 5.74) is 5.15. The molecule has 0 radical (unpaired) electrons. The Bertz CT molecular complexity index is 2460. The van der Waals surface area contributed by atoms with Crippen molar-refractivity contribution in [3.63, 3.8) is 0 Å². The van der Waals surface area contributed by atoms with E-state index in [1.54, 1.807) is 24.3 Å². The first kappa shape index (κ1) is 60.2. The molecule has 78 heavy (non-hydrogen) atoms. The predicted octanol–water partition coefficient (Wildman–Crippen LogP) is 10.1. The third kappa shape index (κ3) is 16.8. The van der Waals surface area contributed by atoms with Crippen LogP contribution in [0.15, 0.2) is 60.7 Å². The first-order chi connectivity index (χ1) is 36.6. The predicted molar refractivity (Wildman–Crippen MR) is 299 cm³/mol. The number of fused-ring (bicyclic) bond motifs is 2. The number of rotatable bonds is 20. The van der Waals surface area contributed by atoms with Crippen LogP contribution in [0.2, 0.25) is 0 Å². The number of hydrogen-bond acceptors (Lipinski definition) is 12. The molecule has 0 saturated heterocycles. The van der Waals surface area contributed by atoms with Gasteiger partial charge in [0.15, 0.2) is 11.5 Å². The van der Waals surface area contributed by atoms with Crippen LogP contribution < -0.4 is 40.2 Å². The van der Waals surface area contributed by atoms with E-state index in [-0.39, 0.29) is 82.9 Å². The van der Waals surface area contributed by atoms with Crippen molar-refractivity contribution in [3.05, 3.63) is 106 Å². The molecule has 14 nitrogen and oxygen atoms in total. The average molecular weight is 1080 g/mol. The first-order valence-electron chi connectivity index (χ1n) is 28.3. The van der Waals surface area contributed by atoms with Gasteiger partial charge in [-0.1, -0.05) is 65.8 Å². The molecule has 4 aliphatic rings. The van der Waals surface area contributed by atoms with Crippen molar-refractivity contribution in [3.8, 4) is 23.3 Å². The summed E-state index contributed by atoms with van der Waals surface area (Å²) in [5, 5.41) is 35.4. The van der Waals surface area contributed by atoms with E-state index in [4.69, 9.17) is 28.9 Å². The van der Waals surface area contributed by atoms with E-state index in [1.807, 2.05) is 27.7 Å². The SMILES string of the molecule is CC(=O)N[C@@H](Cc1ccc(F)cc1)[C@H](O)CN[C@@H]1CC2(CCC2)Oc2c1cc(CC(C)(C)C)nc2OC(C)C.CC(=O)N[C@@H](Cc1ccc(F)cc1)[C@H](O)CN[C@H]1CC2(CCC2)Oc2c1cc(CC(C)(C)C)nc2OC(C)C. The number of aromatic nitrogens is 2. The van der Waals surface area contributed by atoms with Crippen molar-refractivity contribution < 1.29 is 47.5 Å². The lowest BCUT2D eigenvalue weighted by Gasteiger charge is -2.48. The number of carbonyl (C=O) groups is 2. The lowest BCUT2D eigenvalue weighted by molar-refractivity contribution is -0.121. The minimum absolute atomic E-state index is 0.0477. The number of pyridine rings is 2. The number of amides is 2. The molecule has 4 aromatic rings. The maximum atomic E-state index is 13.4.